The van der Waals surface area contributed by atoms with Crippen molar-refractivity contribution < 1.29 is 20.1 Å². The van der Waals surface area contributed by atoms with Crippen LogP contribution in [-0.4, -0.2) is 73.9 Å². The Morgan fingerprint density at radius 1 is 1.11 bits per heavy atom. The fourth-order valence-electron chi connectivity index (χ4n) is 4.82. The van der Waals surface area contributed by atoms with E-state index in [-0.39, 0.29) is 0 Å². The Morgan fingerprint density at radius 2 is 1.89 bits per heavy atom. The standard InChI is InChI=1S/C26H35N5O4S/c1-14-20(24-30-17-6-4-5-7-19(17)36-24)23(29-18-12-16(26(2,3)34)21(32)22(18)33)31-25(28-14)27-10-11-35-13-15-8-9-15/h4-7,15-16,18,21-22,32-34H,8-13H2,1-3H3,(H2,27,28,29,31)/t16-,18+,21+,22-/m0/s1. The Kier molecular flexibility index (Phi) is 7.15. The van der Waals surface area contributed by atoms with Crippen LogP contribution in [-0.2, 0) is 4.74 Å². The molecule has 2 fully saturated rings. The van der Waals surface area contributed by atoms with Crippen LogP contribution < -0.4 is 10.6 Å². The van der Waals surface area contributed by atoms with E-state index in [0.717, 1.165) is 33.1 Å². The van der Waals surface area contributed by atoms with E-state index >= 15 is 0 Å². The highest BCUT2D eigenvalue weighted by Crippen LogP contribution is 2.40. The summed E-state index contributed by atoms with van der Waals surface area (Å²) in [5.74, 6) is 1.24. The van der Waals surface area contributed by atoms with Crippen molar-refractivity contribution in [2.75, 3.05) is 30.4 Å². The maximum Gasteiger partial charge on any atom is 0.224 e. The van der Waals surface area contributed by atoms with Crippen molar-refractivity contribution in [1.82, 2.24) is 15.0 Å². The molecule has 0 amide bonds. The zero-order chi connectivity index (χ0) is 25.4. The number of rotatable bonds is 10. The lowest BCUT2D eigenvalue weighted by molar-refractivity contribution is -0.0601. The van der Waals surface area contributed by atoms with E-state index < -0.39 is 29.8 Å². The van der Waals surface area contributed by atoms with Gasteiger partial charge in [-0.05, 0) is 58.1 Å². The summed E-state index contributed by atoms with van der Waals surface area (Å²) in [7, 11) is 0. The molecule has 0 unspecified atom stereocenters. The largest absolute Gasteiger partial charge is 0.390 e. The van der Waals surface area contributed by atoms with Crippen LogP contribution in [0, 0.1) is 18.8 Å². The summed E-state index contributed by atoms with van der Waals surface area (Å²) in [5.41, 5.74) is 1.29. The van der Waals surface area contributed by atoms with Gasteiger partial charge >= 0.3 is 0 Å². The summed E-state index contributed by atoms with van der Waals surface area (Å²) in [6.45, 7) is 7.19. The molecule has 2 aliphatic carbocycles. The van der Waals surface area contributed by atoms with Crippen LogP contribution in [0.4, 0.5) is 11.8 Å². The van der Waals surface area contributed by atoms with Crippen LogP contribution in [0.1, 0.15) is 38.8 Å². The fraction of sp³-hybridized carbons (Fsp3) is 0.577. The number of thiazole rings is 1. The first-order valence-corrected chi connectivity index (χ1v) is 13.4. The summed E-state index contributed by atoms with van der Waals surface area (Å²) in [6, 6.07) is 7.45. The maximum atomic E-state index is 10.8. The van der Waals surface area contributed by atoms with E-state index in [9.17, 15) is 15.3 Å². The van der Waals surface area contributed by atoms with E-state index in [0.29, 0.717) is 37.3 Å². The average molecular weight is 514 g/mol. The van der Waals surface area contributed by atoms with E-state index in [1.54, 1.807) is 25.2 Å². The minimum Gasteiger partial charge on any atom is -0.390 e. The molecule has 10 heteroatoms. The first kappa shape index (κ1) is 25.3. The zero-order valence-electron chi connectivity index (χ0n) is 20.9. The number of aliphatic hydroxyl groups excluding tert-OH is 2. The lowest BCUT2D eigenvalue weighted by Gasteiger charge is -2.28. The van der Waals surface area contributed by atoms with Gasteiger partial charge in [0.15, 0.2) is 0 Å². The van der Waals surface area contributed by atoms with E-state index in [1.165, 1.54) is 12.8 Å². The van der Waals surface area contributed by atoms with Gasteiger partial charge in [-0.15, -0.1) is 11.3 Å². The molecule has 2 heterocycles. The van der Waals surface area contributed by atoms with Crippen LogP contribution in [0.25, 0.3) is 20.8 Å². The number of nitrogens with zero attached hydrogens (tertiary/aromatic N) is 3. The Balaban J connectivity index is 1.42. The quantitative estimate of drug-likeness (QED) is 0.259. The summed E-state index contributed by atoms with van der Waals surface area (Å²) < 4.78 is 6.78. The lowest BCUT2D eigenvalue weighted by Crippen LogP contribution is -2.40. The van der Waals surface area contributed by atoms with Gasteiger partial charge in [-0.1, -0.05) is 12.1 Å². The molecule has 2 saturated carbocycles. The molecule has 0 bridgehead atoms. The number of fused-ring (bicyclic) bond motifs is 1. The van der Waals surface area contributed by atoms with Crippen molar-refractivity contribution >= 4 is 33.3 Å². The monoisotopic (exact) mass is 513 g/mol. The number of hydrogen-bond acceptors (Lipinski definition) is 10. The Hall–Kier alpha value is -2.37. The van der Waals surface area contributed by atoms with Crippen LogP contribution in [0.3, 0.4) is 0 Å². The zero-order valence-corrected chi connectivity index (χ0v) is 21.8. The third-order valence-corrected chi connectivity index (χ3v) is 8.14. The second-order valence-electron chi connectivity index (χ2n) is 10.5. The molecule has 36 heavy (non-hydrogen) atoms. The SMILES string of the molecule is Cc1nc(NCCOCC2CC2)nc(N[C@@H]2C[C@H](C(C)(C)O)[C@@H](O)[C@H]2O)c1-c1nc2ccccc2s1. The minimum atomic E-state index is -1.12. The molecule has 0 saturated heterocycles. The van der Waals surface area contributed by atoms with Crippen molar-refractivity contribution in [1.29, 1.82) is 0 Å². The van der Waals surface area contributed by atoms with Crippen molar-refractivity contribution in [2.24, 2.45) is 11.8 Å². The topological polar surface area (TPSA) is 133 Å². The van der Waals surface area contributed by atoms with Gasteiger partial charge in [-0.2, -0.15) is 4.98 Å². The van der Waals surface area contributed by atoms with Gasteiger partial charge in [0.25, 0.3) is 0 Å². The molecule has 5 N–H and O–H groups in total. The third-order valence-electron chi connectivity index (χ3n) is 7.09. The second-order valence-corrected chi connectivity index (χ2v) is 11.5. The van der Waals surface area contributed by atoms with Crippen molar-refractivity contribution in [3.63, 3.8) is 0 Å². The number of para-hydroxylation sites is 1. The number of benzene rings is 1. The van der Waals surface area contributed by atoms with Gasteiger partial charge < -0.3 is 30.7 Å². The second kappa shape index (κ2) is 10.2. The van der Waals surface area contributed by atoms with Crippen LogP contribution >= 0.6 is 11.3 Å². The first-order chi connectivity index (χ1) is 17.2. The summed E-state index contributed by atoms with van der Waals surface area (Å²) >= 11 is 1.56. The summed E-state index contributed by atoms with van der Waals surface area (Å²) in [5, 5.41) is 39.3. The number of aromatic nitrogens is 3. The number of ether oxygens (including phenoxy) is 1. The molecule has 2 aromatic heterocycles. The van der Waals surface area contributed by atoms with Gasteiger partial charge in [0.1, 0.15) is 16.9 Å². The Labute approximate surface area is 215 Å². The maximum absolute atomic E-state index is 10.8. The highest BCUT2D eigenvalue weighted by atomic mass is 32.1. The lowest BCUT2D eigenvalue weighted by atomic mass is 9.88. The molecular weight excluding hydrogens is 478 g/mol. The van der Waals surface area contributed by atoms with Crippen molar-refractivity contribution in [3.8, 4) is 10.6 Å². The van der Waals surface area contributed by atoms with Crippen LogP contribution in [0.5, 0.6) is 0 Å². The highest BCUT2D eigenvalue weighted by molar-refractivity contribution is 7.21. The highest BCUT2D eigenvalue weighted by Gasteiger charge is 2.48. The molecule has 4 atom stereocenters. The van der Waals surface area contributed by atoms with Crippen LogP contribution in [0.15, 0.2) is 24.3 Å². The Bertz CT molecular complexity index is 1180. The summed E-state index contributed by atoms with van der Waals surface area (Å²) in [6.07, 6.45) is 0.818. The normalized spacial score (nSPS) is 24.4. The molecule has 5 rings (SSSR count). The number of nitrogens with one attached hydrogen (secondary N) is 2. The van der Waals surface area contributed by atoms with Gasteiger partial charge in [-0.25, -0.2) is 9.97 Å². The predicted molar refractivity (Wildman–Crippen MR) is 141 cm³/mol. The van der Waals surface area contributed by atoms with E-state index in [2.05, 4.69) is 15.6 Å². The smallest absolute Gasteiger partial charge is 0.224 e. The molecule has 0 spiro atoms. The predicted octanol–water partition coefficient (Wildman–Crippen LogP) is 3.19. The van der Waals surface area contributed by atoms with Gasteiger partial charge in [0.2, 0.25) is 5.95 Å². The molecular formula is C26H35N5O4S. The number of anilines is 2. The van der Waals surface area contributed by atoms with Gasteiger partial charge in [0.05, 0.1) is 45.8 Å². The fourth-order valence-corrected chi connectivity index (χ4v) is 5.88. The molecule has 0 aliphatic heterocycles. The van der Waals surface area contributed by atoms with Gasteiger partial charge in [0, 0.05) is 19.1 Å². The van der Waals surface area contributed by atoms with E-state index in [4.69, 9.17) is 14.7 Å². The minimum absolute atomic E-state index is 0.395. The van der Waals surface area contributed by atoms with Gasteiger partial charge in [-0.3, -0.25) is 0 Å². The Morgan fingerprint density at radius 3 is 2.58 bits per heavy atom. The molecule has 2 aliphatic rings. The molecule has 3 aromatic rings. The molecule has 1 aromatic carbocycles. The number of aryl methyl sites for hydroxylation is 1. The molecule has 9 nitrogen and oxygen atoms in total. The average Bonchev–Trinajstić information content (AvgIpc) is 3.48. The third kappa shape index (κ3) is 5.47. The van der Waals surface area contributed by atoms with Crippen LogP contribution in [0.2, 0.25) is 0 Å². The van der Waals surface area contributed by atoms with Crippen molar-refractivity contribution in [2.45, 2.75) is 63.9 Å². The number of hydrogen-bond donors (Lipinski definition) is 5. The number of aliphatic hydroxyl groups is 3. The molecule has 194 valence electrons. The summed E-state index contributed by atoms with van der Waals surface area (Å²) in [4.78, 5) is 14.3. The molecule has 0 radical (unpaired) electrons. The first-order valence-electron chi connectivity index (χ1n) is 12.6. The van der Waals surface area contributed by atoms with E-state index in [1.807, 2.05) is 31.2 Å². The van der Waals surface area contributed by atoms with Crippen molar-refractivity contribution in [3.05, 3.63) is 30.0 Å².